The van der Waals surface area contributed by atoms with Crippen molar-refractivity contribution in [2.75, 3.05) is 0 Å². The number of carboxylic acid groups (broad SMARTS) is 1. The third-order valence-electron chi connectivity index (χ3n) is 3.12. The molecule has 0 saturated carbocycles. The maximum Gasteiger partial charge on any atom is 0.303 e. The van der Waals surface area contributed by atoms with Crippen LogP contribution in [0.1, 0.15) is 58.3 Å². The topological polar surface area (TPSA) is 37.3 Å². The molecular formula is C22H32O2. The van der Waals surface area contributed by atoms with Crippen molar-refractivity contribution >= 4 is 5.97 Å². The first kappa shape index (κ1) is 21.9. The molecule has 0 aromatic rings. The van der Waals surface area contributed by atoms with Crippen LogP contribution in [0.25, 0.3) is 0 Å². The van der Waals surface area contributed by atoms with E-state index in [0.717, 1.165) is 38.5 Å². The van der Waals surface area contributed by atoms with Gasteiger partial charge in [-0.2, -0.15) is 0 Å². The predicted octanol–water partition coefficient (Wildman–Crippen LogP) is 6.55. The van der Waals surface area contributed by atoms with Crippen molar-refractivity contribution in [3.05, 3.63) is 72.9 Å². The summed E-state index contributed by atoms with van der Waals surface area (Å²) in [5, 5.41) is 8.49. The number of hydrogen-bond acceptors (Lipinski definition) is 1. The van der Waals surface area contributed by atoms with Crippen molar-refractivity contribution in [1.29, 1.82) is 0 Å². The van der Waals surface area contributed by atoms with Crippen LogP contribution in [0.15, 0.2) is 72.9 Å². The lowest BCUT2D eigenvalue weighted by Crippen LogP contribution is -1.91. The first-order valence-electron chi connectivity index (χ1n) is 8.89. The molecule has 0 aromatic carbocycles. The fourth-order valence-electron chi connectivity index (χ4n) is 1.85. The van der Waals surface area contributed by atoms with E-state index in [-0.39, 0.29) is 6.42 Å². The second-order valence-electron chi connectivity index (χ2n) is 5.35. The molecule has 2 heteroatoms. The Morgan fingerprint density at radius 2 is 0.958 bits per heavy atom. The SMILES string of the molecule is CC/C=C/C/C=C\C/C=C/C/C=C/C/C=C\C/C=C/CCC(=O)O. The molecule has 0 aliphatic carbocycles. The second kappa shape index (κ2) is 19.0. The Balaban J connectivity index is 3.51. The van der Waals surface area contributed by atoms with Crippen LogP contribution in [-0.4, -0.2) is 11.1 Å². The number of rotatable bonds is 14. The highest BCUT2D eigenvalue weighted by atomic mass is 16.4. The molecule has 0 unspecified atom stereocenters. The van der Waals surface area contributed by atoms with Crippen LogP contribution in [-0.2, 0) is 4.79 Å². The van der Waals surface area contributed by atoms with Gasteiger partial charge >= 0.3 is 5.97 Å². The minimum Gasteiger partial charge on any atom is -0.481 e. The molecule has 0 rings (SSSR count). The zero-order valence-electron chi connectivity index (χ0n) is 14.9. The van der Waals surface area contributed by atoms with Crippen LogP contribution < -0.4 is 0 Å². The summed E-state index contributed by atoms with van der Waals surface area (Å²) in [5.74, 6) is -0.741. The summed E-state index contributed by atoms with van der Waals surface area (Å²) in [5.41, 5.74) is 0. The van der Waals surface area contributed by atoms with Crippen LogP contribution in [0.4, 0.5) is 0 Å². The van der Waals surface area contributed by atoms with E-state index in [4.69, 9.17) is 5.11 Å². The van der Waals surface area contributed by atoms with Crippen molar-refractivity contribution < 1.29 is 9.90 Å². The molecule has 0 saturated heterocycles. The van der Waals surface area contributed by atoms with Crippen LogP contribution >= 0.6 is 0 Å². The molecule has 0 aromatic heterocycles. The third-order valence-corrected chi connectivity index (χ3v) is 3.12. The molecule has 0 spiro atoms. The van der Waals surface area contributed by atoms with E-state index in [1.54, 1.807) is 0 Å². The number of aliphatic carboxylic acids is 1. The lowest BCUT2D eigenvalue weighted by molar-refractivity contribution is -0.136. The molecule has 0 amide bonds. The van der Waals surface area contributed by atoms with Crippen LogP contribution in [0, 0.1) is 0 Å². The Hall–Kier alpha value is -2.09. The van der Waals surface area contributed by atoms with E-state index in [1.165, 1.54) is 0 Å². The standard InChI is InChI=1S/C22H32O2/c1-2-3-4-5-6-7-8-9-10-11-12-13-14-15-16-17-18-19-20-21-22(23)24/h3-4,6-7,9-10,12-13,15-16,18-19H,2,5,8,11,14,17,20-21H2,1H3,(H,23,24)/b4-3+,7-6-,10-9+,13-12+,16-15-,19-18+. The molecule has 2 nitrogen and oxygen atoms in total. The minimum atomic E-state index is -0.741. The first-order valence-corrected chi connectivity index (χ1v) is 8.89. The van der Waals surface area contributed by atoms with Gasteiger partial charge in [0.25, 0.3) is 0 Å². The van der Waals surface area contributed by atoms with E-state index in [9.17, 15) is 4.79 Å². The molecular weight excluding hydrogens is 296 g/mol. The zero-order chi connectivity index (χ0) is 17.7. The fourth-order valence-corrected chi connectivity index (χ4v) is 1.85. The maximum atomic E-state index is 10.3. The Morgan fingerprint density at radius 1 is 0.625 bits per heavy atom. The van der Waals surface area contributed by atoms with Crippen LogP contribution in [0.3, 0.4) is 0 Å². The minimum absolute atomic E-state index is 0.210. The number of carbonyl (C=O) groups is 1. The summed E-state index contributed by atoms with van der Waals surface area (Å²) in [6.07, 6.45) is 32.5. The number of hydrogen-bond donors (Lipinski definition) is 1. The fraction of sp³-hybridized carbons (Fsp3) is 0.409. The summed E-state index contributed by atoms with van der Waals surface area (Å²) in [6, 6.07) is 0. The normalized spacial score (nSPS) is 13.0. The summed E-state index contributed by atoms with van der Waals surface area (Å²) in [6.45, 7) is 2.15. The number of allylic oxidation sites excluding steroid dienone is 12. The average Bonchev–Trinajstić information content (AvgIpc) is 2.56. The van der Waals surface area contributed by atoms with Gasteiger partial charge in [0.05, 0.1) is 0 Å². The Morgan fingerprint density at radius 3 is 1.29 bits per heavy atom. The number of carboxylic acids is 1. The van der Waals surface area contributed by atoms with E-state index >= 15 is 0 Å². The van der Waals surface area contributed by atoms with Crippen LogP contribution in [0.2, 0.25) is 0 Å². The van der Waals surface area contributed by atoms with Gasteiger partial charge in [0, 0.05) is 6.42 Å². The largest absolute Gasteiger partial charge is 0.481 e. The van der Waals surface area contributed by atoms with Gasteiger partial charge in [-0.15, -0.1) is 0 Å². The van der Waals surface area contributed by atoms with E-state index < -0.39 is 5.97 Å². The van der Waals surface area contributed by atoms with Crippen molar-refractivity contribution in [3.63, 3.8) is 0 Å². The van der Waals surface area contributed by atoms with Gasteiger partial charge in [-0.3, -0.25) is 4.79 Å². The zero-order valence-corrected chi connectivity index (χ0v) is 14.9. The summed E-state index contributed by atoms with van der Waals surface area (Å²) in [7, 11) is 0. The van der Waals surface area contributed by atoms with Crippen molar-refractivity contribution in [2.24, 2.45) is 0 Å². The van der Waals surface area contributed by atoms with E-state index in [0.29, 0.717) is 6.42 Å². The monoisotopic (exact) mass is 328 g/mol. The lowest BCUT2D eigenvalue weighted by Gasteiger charge is -1.87. The maximum absolute atomic E-state index is 10.3. The average molecular weight is 328 g/mol. The molecule has 0 bridgehead atoms. The predicted molar refractivity (Wildman–Crippen MR) is 105 cm³/mol. The molecule has 0 fully saturated rings. The van der Waals surface area contributed by atoms with Gasteiger partial charge in [-0.1, -0.05) is 79.8 Å². The Bertz CT molecular complexity index is 462. The van der Waals surface area contributed by atoms with Gasteiger partial charge < -0.3 is 5.11 Å². The van der Waals surface area contributed by atoms with Gasteiger partial charge in [-0.25, -0.2) is 0 Å². The van der Waals surface area contributed by atoms with Crippen LogP contribution in [0.5, 0.6) is 0 Å². The smallest absolute Gasteiger partial charge is 0.303 e. The highest BCUT2D eigenvalue weighted by Gasteiger charge is 1.90. The molecule has 1 N–H and O–H groups in total. The molecule has 0 radical (unpaired) electrons. The van der Waals surface area contributed by atoms with Crippen molar-refractivity contribution in [3.8, 4) is 0 Å². The van der Waals surface area contributed by atoms with Gasteiger partial charge in [0.15, 0.2) is 0 Å². The molecule has 0 heterocycles. The Kier molecular flexibility index (Phi) is 17.3. The highest BCUT2D eigenvalue weighted by molar-refractivity contribution is 5.66. The van der Waals surface area contributed by atoms with Crippen molar-refractivity contribution in [2.45, 2.75) is 58.3 Å². The molecule has 0 atom stereocenters. The van der Waals surface area contributed by atoms with E-state index in [1.807, 2.05) is 12.2 Å². The first-order chi connectivity index (χ1) is 11.8. The van der Waals surface area contributed by atoms with Gasteiger partial charge in [-0.05, 0) is 44.9 Å². The van der Waals surface area contributed by atoms with Gasteiger partial charge in [0.2, 0.25) is 0 Å². The third kappa shape index (κ3) is 19.9. The second-order valence-corrected chi connectivity index (χ2v) is 5.35. The quantitative estimate of drug-likeness (QED) is 0.367. The molecule has 0 aliphatic rings. The van der Waals surface area contributed by atoms with Gasteiger partial charge in [0.1, 0.15) is 0 Å². The Labute approximate surface area is 147 Å². The van der Waals surface area contributed by atoms with Crippen molar-refractivity contribution in [1.82, 2.24) is 0 Å². The highest BCUT2D eigenvalue weighted by Crippen LogP contribution is 1.97. The summed E-state index contributed by atoms with van der Waals surface area (Å²) >= 11 is 0. The molecule has 0 aliphatic heterocycles. The van der Waals surface area contributed by atoms with E-state index in [2.05, 4.69) is 67.7 Å². The lowest BCUT2D eigenvalue weighted by atomic mass is 10.2. The molecule has 132 valence electrons. The summed E-state index contributed by atoms with van der Waals surface area (Å²) in [4.78, 5) is 10.3. The summed E-state index contributed by atoms with van der Waals surface area (Å²) < 4.78 is 0. The molecule has 24 heavy (non-hydrogen) atoms.